The van der Waals surface area contributed by atoms with Crippen LogP contribution in [0.1, 0.15) is 42.2 Å². The van der Waals surface area contributed by atoms with Crippen LogP contribution in [-0.4, -0.2) is 21.8 Å². The summed E-state index contributed by atoms with van der Waals surface area (Å²) in [5, 5.41) is 6.52. The molecule has 0 bridgehead atoms. The van der Waals surface area contributed by atoms with E-state index in [0.29, 0.717) is 5.56 Å². The van der Waals surface area contributed by atoms with Crippen LogP contribution in [-0.2, 0) is 4.74 Å². The quantitative estimate of drug-likeness (QED) is 0.747. The second-order valence-electron chi connectivity index (χ2n) is 3.83. The normalized spacial score (nSPS) is 17.9. The number of esters is 1. The number of nitrogens with one attached hydrogen (secondary N) is 1. The van der Waals surface area contributed by atoms with Gasteiger partial charge in [0.05, 0.1) is 6.20 Å². The summed E-state index contributed by atoms with van der Waals surface area (Å²) < 4.78 is 5.42. The number of carbonyl (C=O) groups is 1. The zero-order chi connectivity index (χ0) is 10.2. The highest BCUT2D eigenvalue weighted by Crippen LogP contribution is 2.43. The maximum absolute atomic E-state index is 11.7. The summed E-state index contributed by atoms with van der Waals surface area (Å²) in [5.41, 5.74) is 1.15. The summed E-state index contributed by atoms with van der Waals surface area (Å²) >= 11 is 0. The van der Waals surface area contributed by atoms with Gasteiger partial charge < -0.3 is 4.74 Å². The lowest BCUT2D eigenvalue weighted by Gasteiger charge is -2.13. The molecule has 1 N–H and O–H groups in total. The van der Waals surface area contributed by atoms with E-state index in [1.165, 1.54) is 6.20 Å². The van der Waals surface area contributed by atoms with Crippen LogP contribution in [0, 0.1) is 6.92 Å². The van der Waals surface area contributed by atoms with E-state index in [9.17, 15) is 4.79 Å². The molecule has 14 heavy (non-hydrogen) atoms. The number of aryl methyl sites for hydroxylation is 1. The first kappa shape index (κ1) is 9.24. The summed E-state index contributed by atoms with van der Waals surface area (Å²) in [5.74, 6) is -0.254. The fourth-order valence-corrected chi connectivity index (χ4v) is 1.48. The fourth-order valence-electron chi connectivity index (χ4n) is 1.48. The number of H-pyrrole nitrogens is 1. The van der Waals surface area contributed by atoms with Crippen LogP contribution in [0.25, 0.3) is 0 Å². The van der Waals surface area contributed by atoms with Crippen molar-refractivity contribution in [2.24, 2.45) is 0 Å². The van der Waals surface area contributed by atoms with Gasteiger partial charge in [0.2, 0.25) is 0 Å². The van der Waals surface area contributed by atoms with E-state index in [-0.39, 0.29) is 11.6 Å². The van der Waals surface area contributed by atoms with Crippen molar-refractivity contribution in [1.29, 1.82) is 0 Å². The van der Waals surface area contributed by atoms with Crippen molar-refractivity contribution in [3.63, 3.8) is 0 Å². The van der Waals surface area contributed by atoms with Crippen LogP contribution in [0.15, 0.2) is 6.20 Å². The Labute approximate surface area is 82.7 Å². The third-order valence-electron chi connectivity index (χ3n) is 2.81. The molecule has 1 saturated carbocycles. The molecule has 0 unspecified atom stereocenters. The molecule has 1 fully saturated rings. The lowest BCUT2D eigenvalue weighted by atomic mass is 10.2. The van der Waals surface area contributed by atoms with Gasteiger partial charge in [-0.05, 0) is 26.2 Å². The number of hydrogen-bond donors (Lipinski definition) is 1. The van der Waals surface area contributed by atoms with Gasteiger partial charge in [0.1, 0.15) is 11.2 Å². The summed E-state index contributed by atoms with van der Waals surface area (Å²) in [6.07, 6.45) is 4.40. The second-order valence-corrected chi connectivity index (χ2v) is 3.83. The first-order chi connectivity index (χ1) is 6.67. The van der Waals surface area contributed by atoms with Gasteiger partial charge in [-0.25, -0.2) is 4.79 Å². The summed E-state index contributed by atoms with van der Waals surface area (Å²) in [4.78, 5) is 11.7. The van der Waals surface area contributed by atoms with Crippen molar-refractivity contribution in [1.82, 2.24) is 10.2 Å². The molecule has 1 aliphatic carbocycles. The molecule has 0 aromatic carbocycles. The molecule has 76 valence electrons. The molecule has 0 saturated heterocycles. The average Bonchev–Trinajstić information content (AvgIpc) is 2.80. The smallest absolute Gasteiger partial charge is 0.342 e. The van der Waals surface area contributed by atoms with Crippen LogP contribution in [0.2, 0.25) is 0 Å². The largest absolute Gasteiger partial charge is 0.455 e. The van der Waals surface area contributed by atoms with Crippen LogP contribution >= 0.6 is 0 Å². The SMILES string of the molecule is CCC1(OC(=O)c2cn[nH]c2C)CC1. The van der Waals surface area contributed by atoms with Crippen LogP contribution in [0.5, 0.6) is 0 Å². The predicted octanol–water partition coefficient (Wildman–Crippen LogP) is 1.82. The van der Waals surface area contributed by atoms with Gasteiger partial charge in [0.25, 0.3) is 0 Å². The number of rotatable bonds is 3. The van der Waals surface area contributed by atoms with Gasteiger partial charge in [-0.1, -0.05) is 6.92 Å². The van der Waals surface area contributed by atoms with Gasteiger partial charge in [0, 0.05) is 5.69 Å². The molecule has 1 heterocycles. The predicted molar refractivity (Wildman–Crippen MR) is 51.0 cm³/mol. The second kappa shape index (κ2) is 3.12. The Morgan fingerprint density at radius 3 is 2.86 bits per heavy atom. The monoisotopic (exact) mass is 194 g/mol. The molecular weight excluding hydrogens is 180 g/mol. The standard InChI is InChI=1S/C10H14N2O2/c1-3-10(4-5-10)14-9(13)8-6-11-12-7(8)2/h6H,3-5H2,1-2H3,(H,11,12). The van der Waals surface area contributed by atoms with E-state index >= 15 is 0 Å². The number of aromatic nitrogens is 2. The van der Waals surface area contributed by atoms with E-state index in [1.807, 2.05) is 13.8 Å². The van der Waals surface area contributed by atoms with Gasteiger partial charge in [-0.15, -0.1) is 0 Å². The molecule has 2 rings (SSSR count). The van der Waals surface area contributed by atoms with Crippen molar-refractivity contribution >= 4 is 5.97 Å². The van der Waals surface area contributed by atoms with E-state index in [0.717, 1.165) is 25.0 Å². The van der Waals surface area contributed by atoms with E-state index < -0.39 is 0 Å². The number of ether oxygens (including phenoxy) is 1. The van der Waals surface area contributed by atoms with Crippen LogP contribution in [0.3, 0.4) is 0 Å². The molecule has 0 spiro atoms. The highest BCUT2D eigenvalue weighted by molar-refractivity contribution is 5.90. The summed E-state index contributed by atoms with van der Waals surface area (Å²) in [6, 6.07) is 0. The van der Waals surface area contributed by atoms with E-state index in [4.69, 9.17) is 4.74 Å². The minimum atomic E-state index is -0.254. The van der Waals surface area contributed by atoms with Gasteiger partial charge in [0.15, 0.2) is 0 Å². The Hall–Kier alpha value is -1.32. The molecule has 4 nitrogen and oxygen atoms in total. The lowest BCUT2D eigenvalue weighted by molar-refractivity contribution is 0.0215. The Kier molecular flexibility index (Phi) is 2.06. The van der Waals surface area contributed by atoms with Crippen molar-refractivity contribution in [3.05, 3.63) is 17.5 Å². The van der Waals surface area contributed by atoms with Crippen molar-refractivity contribution in [3.8, 4) is 0 Å². The fraction of sp³-hybridized carbons (Fsp3) is 0.600. The minimum Gasteiger partial charge on any atom is -0.455 e. The third kappa shape index (κ3) is 1.52. The molecule has 0 atom stereocenters. The molecule has 4 heteroatoms. The zero-order valence-corrected chi connectivity index (χ0v) is 8.46. The lowest BCUT2D eigenvalue weighted by Crippen LogP contribution is -2.18. The molecule has 0 amide bonds. The molecule has 1 aromatic heterocycles. The highest BCUT2D eigenvalue weighted by Gasteiger charge is 2.45. The molecule has 1 aliphatic rings. The zero-order valence-electron chi connectivity index (χ0n) is 8.46. The van der Waals surface area contributed by atoms with Gasteiger partial charge in [-0.3, -0.25) is 5.10 Å². The van der Waals surface area contributed by atoms with Crippen molar-refractivity contribution in [2.45, 2.75) is 38.7 Å². The number of aromatic amines is 1. The maximum atomic E-state index is 11.7. The molecule has 0 aliphatic heterocycles. The Morgan fingerprint density at radius 1 is 1.71 bits per heavy atom. The van der Waals surface area contributed by atoms with Crippen LogP contribution < -0.4 is 0 Å². The minimum absolute atomic E-state index is 0.166. The van der Waals surface area contributed by atoms with E-state index in [2.05, 4.69) is 10.2 Å². The Balaban J connectivity index is 2.07. The van der Waals surface area contributed by atoms with Gasteiger partial charge >= 0.3 is 5.97 Å². The first-order valence-corrected chi connectivity index (χ1v) is 4.90. The maximum Gasteiger partial charge on any atom is 0.342 e. The van der Waals surface area contributed by atoms with Crippen molar-refractivity contribution < 1.29 is 9.53 Å². The topological polar surface area (TPSA) is 55.0 Å². The highest BCUT2D eigenvalue weighted by atomic mass is 16.6. The Morgan fingerprint density at radius 2 is 2.43 bits per heavy atom. The van der Waals surface area contributed by atoms with Crippen molar-refractivity contribution in [2.75, 3.05) is 0 Å². The molecular formula is C10H14N2O2. The number of hydrogen-bond acceptors (Lipinski definition) is 3. The average molecular weight is 194 g/mol. The first-order valence-electron chi connectivity index (χ1n) is 4.90. The number of nitrogens with zero attached hydrogens (tertiary/aromatic N) is 1. The molecule has 1 aromatic rings. The number of carbonyl (C=O) groups excluding carboxylic acids is 1. The summed E-state index contributed by atoms with van der Waals surface area (Å²) in [6.45, 7) is 3.86. The molecule has 0 radical (unpaired) electrons. The third-order valence-corrected chi connectivity index (χ3v) is 2.81. The van der Waals surface area contributed by atoms with Crippen LogP contribution in [0.4, 0.5) is 0 Å². The van der Waals surface area contributed by atoms with E-state index in [1.54, 1.807) is 0 Å². The summed E-state index contributed by atoms with van der Waals surface area (Å²) in [7, 11) is 0. The van der Waals surface area contributed by atoms with Gasteiger partial charge in [-0.2, -0.15) is 5.10 Å². The Bertz CT molecular complexity index is 353.